The van der Waals surface area contributed by atoms with Crippen molar-refractivity contribution in [3.8, 4) is 5.75 Å². The lowest BCUT2D eigenvalue weighted by Crippen LogP contribution is -2.42. The number of hydrogen-bond donors (Lipinski definition) is 1. The van der Waals surface area contributed by atoms with Crippen LogP contribution in [0.5, 0.6) is 5.75 Å². The monoisotopic (exact) mass is 411 g/mol. The van der Waals surface area contributed by atoms with Crippen molar-refractivity contribution in [2.45, 2.75) is 32.4 Å². The van der Waals surface area contributed by atoms with Gasteiger partial charge in [-0.15, -0.1) is 0 Å². The van der Waals surface area contributed by atoms with Crippen LogP contribution in [0.4, 0.5) is 0 Å². The molecule has 29 heavy (non-hydrogen) atoms. The molecule has 1 aliphatic heterocycles. The summed E-state index contributed by atoms with van der Waals surface area (Å²) in [5, 5.41) is 5.32. The number of hydrogen-bond acceptors (Lipinski definition) is 4. The van der Waals surface area contributed by atoms with Gasteiger partial charge in [-0.1, -0.05) is 42.5 Å². The number of benzene rings is 1. The molecule has 2 aromatic rings. The molecular weight excluding hydrogens is 382 g/mol. The molecule has 1 saturated heterocycles. The Hall–Kier alpha value is -2.14. The smallest absolute Gasteiger partial charge is 0.149 e. The minimum absolute atomic E-state index is 0.487. The summed E-state index contributed by atoms with van der Waals surface area (Å²) in [6.45, 7) is 9.98. The minimum atomic E-state index is 0.487. The molecule has 0 unspecified atom stereocenters. The Morgan fingerprint density at radius 1 is 1.38 bits per heavy atom. The Balaban J connectivity index is 1.55. The van der Waals surface area contributed by atoms with E-state index in [-0.39, 0.29) is 0 Å². The zero-order valence-corrected chi connectivity index (χ0v) is 18.1. The molecule has 0 bridgehead atoms. The van der Waals surface area contributed by atoms with E-state index >= 15 is 0 Å². The van der Waals surface area contributed by atoms with Crippen molar-refractivity contribution in [2.75, 3.05) is 26.7 Å². The third-order valence-electron chi connectivity index (χ3n) is 5.31. The highest BCUT2D eigenvalue weighted by Crippen LogP contribution is 2.33. The largest absolute Gasteiger partial charge is 0.494 e. The van der Waals surface area contributed by atoms with Crippen LogP contribution in [0.15, 0.2) is 60.9 Å². The Bertz CT molecular complexity index is 898. The van der Waals surface area contributed by atoms with Gasteiger partial charge in [-0.25, -0.2) is 0 Å². The van der Waals surface area contributed by atoms with Crippen LogP contribution in [-0.4, -0.2) is 42.7 Å². The number of halogens is 1. The summed E-state index contributed by atoms with van der Waals surface area (Å²) in [5.74, 6) is 0.805. The second-order valence-electron chi connectivity index (χ2n) is 7.42. The van der Waals surface area contributed by atoms with Crippen LogP contribution in [0.3, 0.4) is 0 Å². The number of likely N-dealkylation sites (tertiary alicyclic amines) is 1. The Kier molecular flexibility index (Phi) is 7.87. The number of methoxy groups -OCH3 is 1. The molecule has 0 spiro atoms. The maximum Gasteiger partial charge on any atom is 0.149 e. The lowest BCUT2D eigenvalue weighted by atomic mass is 10.0. The van der Waals surface area contributed by atoms with Gasteiger partial charge in [-0.05, 0) is 56.6 Å². The molecule has 0 aliphatic carbocycles. The fourth-order valence-electron chi connectivity index (χ4n) is 3.78. The molecular formula is C24H30ClN3O. The van der Waals surface area contributed by atoms with Crippen LogP contribution in [0.25, 0.3) is 10.9 Å². The van der Waals surface area contributed by atoms with Gasteiger partial charge in [-0.2, -0.15) is 0 Å². The van der Waals surface area contributed by atoms with Crippen molar-refractivity contribution >= 4 is 22.5 Å². The van der Waals surface area contributed by atoms with Gasteiger partial charge < -0.3 is 10.1 Å². The Labute approximate surface area is 178 Å². The molecule has 1 fully saturated rings. The van der Waals surface area contributed by atoms with Gasteiger partial charge in [0.05, 0.1) is 12.1 Å². The first-order chi connectivity index (χ1) is 14.1. The van der Waals surface area contributed by atoms with Crippen LogP contribution in [0.2, 0.25) is 5.02 Å². The van der Waals surface area contributed by atoms with Crippen molar-refractivity contribution in [3.63, 3.8) is 0 Å². The lowest BCUT2D eigenvalue weighted by Gasteiger charge is -2.32. The number of nitrogens with zero attached hydrogens (tertiary/aromatic N) is 2. The fourth-order valence-corrected chi connectivity index (χ4v) is 4.06. The molecule has 1 aromatic carbocycles. The quantitative estimate of drug-likeness (QED) is 0.610. The van der Waals surface area contributed by atoms with E-state index < -0.39 is 0 Å². The van der Waals surface area contributed by atoms with Gasteiger partial charge >= 0.3 is 0 Å². The zero-order valence-electron chi connectivity index (χ0n) is 17.3. The third kappa shape index (κ3) is 5.69. The summed E-state index contributed by atoms with van der Waals surface area (Å²) in [5.41, 5.74) is 3.02. The van der Waals surface area contributed by atoms with Gasteiger partial charge in [0.2, 0.25) is 0 Å². The summed E-state index contributed by atoms with van der Waals surface area (Å²) >= 11 is 6.48. The summed E-state index contributed by atoms with van der Waals surface area (Å²) in [4.78, 5) is 6.94. The van der Waals surface area contributed by atoms with E-state index in [1.54, 1.807) is 13.3 Å². The molecule has 2 heterocycles. The summed E-state index contributed by atoms with van der Waals surface area (Å²) in [6.07, 6.45) is 12.2. The second kappa shape index (κ2) is 10.6. The molecule has 5 heteroatoms. The molecule has 0 saturated carbocycles. The predicted octanol–water partition coefficient (Wildman–Crippen LogP) is 5.14. The van der Waals surface area contributed by atoms with Crippen molar-refractivity contribution in [1.29, 1.82) is 0 Å². The van der Waals surface area contributed by atoms with Crippen molar-refractivity contribution in [3.05, 3.63) is 71.4 Å². The van der Waals surface area contributed by atoms with E-state index in [0.717, 1.165) is 66.8 Å². The second-order valence-corrected chi connectivity index (χ2v) is 7.83. The maximum atomic E-state index is 6.48. The van der Waals surface area contributed by atoms with Crippen molar-refractivity contribution in [1.82, 2.24) is 15.2 Å². The first-order valence-electron chi connectivity index (χ1n) is 10.1. The number of fused-ring (bicyclic) bond motifs is 1. The minimum Gasteiger partial charge on any atom is -0.494 e. The van der Waals surface area contributed by atoms with Crippen molar-refractivity contribution in [2.24, 2.45) is 0 Å². The Morgan fingerprint density at radius 3 is 2.90 bits per heavy atom. The SMILES string of the molecule is C=C(/C=C\C=C/C)CN1CCC(NCc2cc(Cl)c3cccnc3c2OC)CC1. The molecule has 1 N–H and O–H groups in total. The van der Waals surface area contributed by atoms with E-state index in [0.29, 0.717) is 11.1 Å². The number of ether oxygens (including phenoxy) is 1. The highest BCUT2D eigenvalue weighted by molar-refractivity contribution is 6.35. The standard InChI is InChI=1S/C24H30ClN3O/c1-4-5-6-8-18(2)17-28-13-10-20(11-14-28)27-16-19-15-22(25)21-9-7-12-26-23(21)24(19)29-3/h4-9,12,15,20,27H,2,10-11,13-14,16-17H2,1,3H3/b5-4-,8-6-. The number of rotatable bonds is 8. The van der Waals surface area contributed by atoms with E-state index in [2.05, 4.69) is 27.9 Å². The highest BCUT2D eigenvalue weighted by Gasteiger charge is 2.20. The number of allylic oxidation sites excluding steroid dienone is 3. The van der Waals surface area contributed by atoms with Gasteiger partial charge in [0.25, 0.3) is 0 Å². The number of piperidine rings is 1. The van der Waals surface area contributed by atoms with Gasteiger partial charge in [0, 0.05) is 36.3 Å². The molecule has 0 atom stereocenters. The highest BCUT2D eigenvalue weighted by atomic mass is 35.5. The third-order valence-corrected chi connectivity index (χ3v) is 5.62. The van der Waals surface area contributed by atoms with E-state index in [4.69, 9.17) is 16.3 Å². The first kappa shape index (κ1) is 21.6. The van der Waals surface area contributed by atoms with Gasteiger partial charge in [-0.3, -0.25) is 9.88 Å². The number of aromatic nitrogens is 1. The van der Waals surface area contributed by atoms with Crippen molar-refractivity contribution < 1.29 is 4.74 Å². The molecule has 1 aliphatic rings. The lowest BCUT2D eigenvalue weighted by molar-refractivity contribution is 0.212. The molecule has 4 nitrogen and oxygen atoms in total. The van der Waals surface area contributed by atoms with Crippen LogP contribution < -0.4 is 10.1 Å². The molecule has 154 valence electrons. The summed E-state index contributed by atoms with van der Waals surface area (Å²) in [6, 6.07) is 6.35. The van der Waals surface area contributed by atoms with Crippen LogP contribution in [0.1, 0.15) is 25.3 Å². The van der Waals surface area contributed by atoms with Gasteiger partial charge in [0.1, 0.15) is 11.3 Å². The van der Waals surface area contributed by atoms with E-state index in [1.165, 1.54) is 0 Å². The fraction of sp³-hybridized carbons (Fsp3) is 0.375. The molecule has 0 radical (unpaired) electrons. The van der Waals surface area contributed by atoms with Gasteiger partial charge in [0.15, 0.2) is 0 Å². The van der Waals surface area contributed by atoms with E-state index in [9.17, 15) is 0 Å². The van der Waals surface area contributed by atoms with E-state index in [1.807, 2.05) is 43.4 Å². The molecule has 3 rings (SSSR count). The summed E-state index contributed by atoms with van der Waals surface area (Å²) < 4.78 is 5.66. The van der Waals surface area contributed by atoms with Crippen LogP contribution in [-0.2, 0) is 6.54 Å². The molecule has 1 aromatic heterocycles. The number of pyridine rings is 1. The first-order valence-corrected chi connectivity index (χ1v) is 10.5. The average molecular weight is 412 g/mol. The average Bonchev–Trinajstić information content (AvgIpc) is 2.74. The summed E-state index contributed by atoms with van der Waals surface area (Å²) in [7, 11) is 1.69. The molecule has 0 amide bonds. The number of nitrogens with one attached hydrogen (secondary N) is 1. The zero-order chi connectivity index (χ0) is 20.6. The predicted molar refractivity (Wildman–Crippen MR) is 123 cm³/mol. The normalized spacial score (nSPS) is 16.2. The maximum absolute atomic E-state index is 6.48. The Morgan fingerprint density at radius 2 is 2.17 bits per heavy atom. The van der Waals surface area contributed by atoms with Crippen LogP contribution in [0, 0.1) is 0 Å². The van der Waals surface area contributed by atoms with Crippen LogP contribution >= 0.6 is 11.6 Å². The topological polar surface area (TPSA) is 37.4 Å².